The van der Waals surface area contributed by atoms with Gasteiger partial charge in [-0.2, -0.15) is 9.50 Å². The van der Waals surface area contributed by atoms with Gasteiger partial charge in [0.2, 0.25) is 11.8 Å². The number of nitrogens with two attached hydrogens (primary N) is 1. The molecular weight excluding hydrogens is 425 g/mol. The normalized spacial score (nSPS) is 15.2. The summed E-state index contributed by atoms with van der Waals surface area (Å²) in [4.78, 5) is 13.6. The molecule has 1 aromatic carbocycles. The van der Waals surface area contributed by atoms with Crippen LogP contribution in [-0.2, 0) is 6.54 Å². The van der Waals surface area contributed by atoms with Crippen LogP contribution in [0.15, 0.2) is 47.1 Å². The molecule has 0 aliphatic carbocycles. The summed E-state index contributed by atoms with van der Waals surface area (Å²) in [6, 6.07) is 11.1. The van der Waals surface area contributed by atoms with E-state index >= 15 is 0 Å². The van der Waals surface area contributed by atoms with E-state index in [0.29, 0.717) is 27.3 Å². The molecule has 4 heterocycles. The van der Waals surface area contributed by atoms with E-state index in [1.165, 1.54) is 4.52 Å². The van der Waals surface area contributed by atoms with Crippen LogP contribution in [0.25, 0.3) is 17.2 Å². The smallest absolute Gasteiger partial charge is 0.225 e. The van der Waals surface area contributed by atoms with Crippen LogP contribution in [0.2, 0.25) is 10.0 Å². The Hall–Kier alpha value is -2.81. The van der Waals surface area contributed by atoms with Crippen molar-refractivity contribution >= 4 is 40.6 Å². The maximum absolute atomic E-state index is 6.32. The van der Waals surface area contributed by atoms with Crippen molar-refractivity contribution in [1.82, 2.24) is 24.5 Å². The molecule has 0 radical (unpaired) electrons. The van der Waals surface area contributed by atoms with Gasteiger partial charge in [0.25, 0.3) is 0 Å². The Morgan fingerprint density at radius 3 is 2.47 bits per heavy atom. The number of nitrogen functional groups attached to an aromatic ring is 1. The van der Waals surface area contributed by atoms with Gasteiger partial charge in [0.05, 0.1) is 6.26 Å². The molecule has 1 aliphatic rings. The third kappa shape index (κ3) is 3.58. The summed E-state index contributed by atoms with van der Waals surface area (Å²) in [5.41, 5.74) is 7.74. The number of aromatic nitrogens is 4. The van der Waals surface area contributed by atoms with Crippen molar-refractivity contribution in [2.24, 2.45) is 0 Å². The number of fused-ring (bicyclic) bond motifs is 1. The number of piperazine rings is 1. The second-order valence-corrected chi connectivity index (χ2v) is 7.93. The van der Waals surface area contributed by atoms with Crippen molar-refractivity contribution in [1.29, 1.82) is 0 Å². The van der Waals surface area contributed by atoms with E-state index in [2.05, 4.69) is 24.9 Å². The molecule has 3 aromatic heterocycles. The fourth-order valence-corrected chi connectivity index (χ4v) is 4.13. The number of halogens is 2. The van der Waals surface area contributed by atoms with Gasteiger partial charge in [0.15, 0.2) is 11.4 Å². The molecule has 0 bridgehead atoms. The predicted octanol–water partition coefficient (Wildman–Crippen LogP) is 3.60. The Morgan fingerprint density at radius 1 is 1.00 bits per heavy atom. The van der Waals surface area contributed by atoms with Gasteiger partial charge in [-0.15, -0.1) is 5.10 Å². The van der Waals surface area contributed by atoms with Crippen molar-refractivity contribution in [2.45, 2.75) is 6.54 Å². The van der Waals surface area contributed by atoms with Crippen molar-refractivity contribution in [3.8, 4) is 11.6 Å². The molecule has 0 amide bonds. The first-order valence-corrected chi connectivity index (χ1v) is 10.3. The van der Waals surface area contributed by atoms with Gasteiger partial charge >= 0.3 is 0 Å². The zero-order chi connectivity index (χ0) is 20.7. The van der Waals surface area contributed by atoms with Crippen LogP contribution in [-0.4, -0.2) is 50.7 Å². The Morgan fingerprint density at radius 2 is 1.77 bits per heavy atom. The number of anilines is 2. The number of furan rings is 1. The number of rotatable bonds is 4. The fraction of sp³-hybridized carbons (Fsp3) is 0.250. The Balaban J connectivity index is 1.32. The van der Waals surface area contributed by atoms with E-state index in [1.54, 1.807) is 12.3 Å². The third-order valence-corrected chi connectivity index (χ3v) is 5.93. The average Bonchev–Trinajstić information content (AvgIpc) is 3.41. The first kappa shape index (κ1) is 19.2. The van der Waals surface area contributed by atoms with Crippen LogP contribution >= 0.6 is 23.2 Å². The van der Waals surface area contributed by atoms with Crippen molar-refractivity contribution in [2.75, 3.05) is 36.8 Å². The summed E-state index contributed by atoms with van der Waals surface area (Å²) in [6.07, 6.45) is 1.59. The summed E-state index contributed by atoms with van der Waals surface area (Å²) in [7, 11) is 0. The van der Waals surface area contributed by atoms with Gasteiger partial charge in [0, 0.05) is 54.4 Å². The molecule has 1 aliphatic heterocycles. The van der Waals surface area contributed by atoms with E-state index < -0.39 is 0 Å². The van der Waals surface area contributed by atoms with E-state index in [-0.39, 0.29) is 5.95 Å². The monoisotopic (exact) mass is 443 g/mol. The van der Waals surface area contributed by atoms with Crippen molar-refractivity contribution in [3.05, 3.63) is 58.3 Å². The molecular formula is C20H19Cl2N7O. The number of benzene rings is 1. The standard InChI is InChI=1S/C20H19Cl2N7O/c21-14-3-1-4-15(22)13(14)12-27-6-8-28(9-7-27)17-11-18-24-19(16-5-2-10-30-16)26-29(18)20(23)25-17/h1-5,10-11H,6-9,12H2,(H2,23,25). The molecule has 0 saturated carbocycles. The number of hydrogen-bond donors (Lipinski definition) is 1. The van der Waals surface area contributed by atoms with Crippen LogP contribution in [0.1, 0.15) is 5.56 Å². The molecule has 0 unspecified atom stereocenters. The predicted molar refractivity (Wildman–Crippen MR) is 117 cm³/mol. The van der Waals surface area contributed by atoms with Crippen LogP contribution in [0.5, 0.6) is 0 Å². The second kappa shape index (κ2) is 7.79. The molecule has 10 heteroatoms. The first-order valence-electron chi connectivity index (χ1n) is 9.56. The molecule has 1 fully saturated rings. The lowest BCUT2D eigenvalue weighted by Gasteiger charge is -2.35. The van der Waals surface area contributed by atoms with Gasteiger partial charge in [-0.25, -0.2) is 4.98 Å². The highest BCUT2D eigenvalue weighted by atomic mass is 35.5. The minimum atomic E-state index is 0.290. The molecule has 8 nitrogen and oxygen atoms in total. The topological polar surface area (TPSA) is 88.7 Å². The fourth-order valence-electron chi connectivity index (χ4n) is 3.61. The van der Waals surface area contributed by atoms with Gasteiger partial charge in [-0.3, -0.25) is 4.90 Å². The van der Waals surface area contributed by atoms with E-state index in [0.717, 1.165) is 44.1 Å². The summed E-state index contributed by atoms with van der Waals surface area (Å²) >= 11 is 12.6. The summed E-state index contributed by atoms with van der Waals surface area (Å²) in [6.45, 7) is 4.06. The summed E-state index contributed by atoms with van der Waals surface area (Å²) in [5.74, 6) is 2.14. The second-order valence-electron chi connectivity index (χ2n) is 7.12. The third-order valence-electron chi connectivity index (χ3n) is 5.22. The zero-order valence-corrected chi connectivity index (χ0v) is 17.5. The Labute approximate surface area is 182 Å². The van der Waals surface area contributed by atoms with Crippen LogP contribution in [0.3, 0.4) is 0 Å². The maximum Gasteiger partial charge on any atom is 0.225 e. The highest BCUT2D eigenvalue weighted by molar-refractivity contribution is 6.35. The minimum Gasteiger partial charge on any atom is -0.461 e. The minimum absolute atomic E-state index is 0.290. The quantitative estimate of drug-likeness (QED) is 0.515. The Kier molecular flexibility index (Phi) is 4.98. The zero-order valence-electron chi connectivity index (χ0n) is 16.0. The number of nitrogens with zero attached hydrogens (tertiary/aromatic N) is 6. The molecule has 0 spiro atoms. The number of hydrogen-bond acceptors (Lipinski definition) is 7. The molecule has 0 atom stereocenters. The van der Waals surface area contributed by atoms with E-state index in [9.17, 15) is 0 Å². The molecule has 2 N–H and O–H groups in total. The lowest BCUT2D eigenvalue weighted by molar-refractivity contribution is 0.249. The summed E-state index contributed by atoms with van der Waals surface area (Å²) < 4.78 is 6.90. The lowest BCUT2D eigenvalue weighted by atomic mass is 10.2. The molecule has 5 rings (SSSR count). The van der Waals surface area contributed by atoms with Crippen LogP contribution in [0.4, 0.5) is 11.8 Å². The van der Waals surface area contributed by atoms with Gasteiger partial charge in [-0.05, 0) is 24.3 Å². The van der Waals surface area contributed by atoms with Gasteiger partial charge in [0.1, 0.15) is 5.82 Å². The molecule has 1 saturated heterocycles. The molecule has 30 heavy (non-hydrogen) atoms. The lowest BCUT2D eigenvalue weighted by Crippen LogP contribution is -2.46. The molecule has 4 aromatic rings. The van der Waals surface area contributed by atoms with Gasteiger partial charge in [-0.1, -0.05) is 29.3 Å². The van der Waals surface area contributed by atoms with E-state index in [4.69, 9.17) is 33.4 Å². The highest BCUT2D eigenvalue weighted by Gasteiger charge is 2.21. The SMILES string of the molecule is Nc1nc(N2CCN(Cc3c(Cl)cccc3Cl)CC2)cc2nc(-c3ccco3)nn12. The molecule has 154 valence electrons. The van der Waals surface area contributed by atoms with Crippen LogP contribution < -0.4 is 10.6 Å². The largest absolute Gasteiger partial charge is 0.461 e. The Bertz CT molecular complexity index is 1160. The maximum atomic E-state index is 6.32. The highest BCUT2D eigenvalue weighted by Crippen LogP contribution is 2.27. The average molecular weight is 444 g/mol. The van der Waals surface area contributed by atoms with Crippen molar-refractivity contribution in [3.63, 3.8) is 0 Å². The first-order chi connectivity index (χ1) is 14.6. The van der Waals surface area contributed by atoms with Gasteiger partial charge < -0.3 is 15.1 Å². The van der Waals surface area contributed by atoms with E-state index in [1.807, 2.05) is 30.3 Å². The van der Waals surface area contributed by atoms with Crippen molar-refractivity contribution < 1.29 is 4.42 Å². The van der Waals surface area contributed by atoms with Crippen LogP contribution in [0, 0.1) is 0 Å². The summed E-state index contributed by atoms with van der Waals surface area (Å²) in [5, 5.41) is 5.79.